The largest absolute Gasteiger partial charge is 0.352 e. The topological polar surface area (TPSA) is 29.1 Å². The van der Waals surface area contributed by atoms with Gasteiger partial charge in [0.15, 0.2) is 0 Å². The fraction of sp³-hybridized carbons (Fsp3) is 0.308. The molecule has 1 amide bonds. The van der Waals surface area contributed by atoms with Crippen molar-refractivity contribution in [3.05, 3.63) is 47.7 Å². The average Bonchev–Trinajstić information content (AvgIpc) is 2.83. The van der Waals surface area contributed by atoms with Gasteiger partial charge in [-0.3, -0.25) is 4.79 Å². The van der Waals surface area contributed by atoms with Crippen molar-refractivity contribution in [2.24, 2.45) is 0 Å². The van der Waals surface area contributed by atoms with Gasteiger partial charge >= 0.3 is 0 Å². The van der Waals surface area contributed by atoms with Crippen molar-refractivity contribution in [3.63, 3.8) is 0 Å². The van der Waals surface area contributed by atoms with Crippen molar-refractivity contribution >= 4 is 17.2 Å². The van der Waals surface area contributed by atoms with E-state index in [0.29, 0.717) is 18.5 Å². The molecule has 0 radical (unpaired) electrons. The molecule has 3 heteroatoms. The molecule has 0 aromatic carbocycles. The Morgan fingerprint density at radius 1 is 1.50 bits per heavy atom. The van der Waals surface area contributed by atoms with E-state index in [9.17, 15) is 4.79 Å². The van der Waals surface area contributed by atoms with Gasteiger partial charge in [-0.25, -0.2) is 0 Å². The Hall–Kier alpha value is -1.35. The van der Waals surface area contributed by atoms with Crippen molar-refractivity contribution in [2.75, 3.05) is 6.54 Å². The number of amides is 1. The highest BCUT2D eigenvalue weighted by molar-refractivity contribution is 7.09. The summed E-state index contributed by atoms with van der Waals surface area (Å²) in [6.07, 6.45) is 1.62. The molecule has 16 heavy (non-hydrogen) atoms. The molecule has 0 aliphatic heterocycles. The van der Waals surface area contributed by atoms with Crippen LogP contribution in [0.2, 0.25) is 0 Å². The third-order valence-corrected chi connectivity index (χ3v) is 2.92. The fourth-order valence-corrected chi connectivity index (χ4v) is 1.75. The molecule has 88 valence electrons. The normalized spacial score (nSPS) is 8.81. The molecule has 0 aliphatic rings. The predicted octanol–water partition coefficient (Wildman–Crippen LogP) is 3.18. The van der Waals surface area contributed by atoms with E-state index < -0.39 is 0 Å². The van der Waals surface area contributed by atoms with Crippen LogP contribution in [0.1, 0.15) is 18.2 Å². The second-order valence-electron chi connectivity index (χ2n) is 3.04. The second-order valence-corrected chi connectivity index (χ2v) is 4.07. The minimum Gasteiger partial charge on any atom is -0.352 e. The van der Waals surface area contributed by atoms with E-state index in [0.717, 1.165) is 6.42 Å². The molecule has 0 saturated heterocycles. The van der Waals surface area contributed by atoms with Crippen molar-refractivity contribution in [1.29, 1.82) is 0 Å². The summed E-state index contributed by atoms with van der Waals surface area (Å²) in [5.41, 5.74) is 0.649. The van der Waals surface area contributed by atoms with E-state index in [1.807, 2.05) is 18.4 Å². The SMILES string of the molecule is C=C.C=C(CC)C(=O)NCCc1cccs1. The summed E-state index contributed by atoms with van der Waals surface area (Å²) >= 11 is 1.72. The summed E-state index contributed by atoms with van der Waals surface area (Å²) in [7, 11) is 0. The van der Waals surface area contributed by atoms with Crippen LogP contribution in [0, 0.1) is 0 Å². The van der Waals surface area contributed by atoms with Crippen LogP contribution in [-0.4, -0.2) is 12.5 Å². The zero-order chi connectivity index (χ0) is 12.4. The molecular weight excluding hydrogens is 218 g/mol. The zero-order valence-electron chi connectivity index (χ0n) is 9.79. The van der Waals surface area contributed by atoms with Crippen molar-refractivity contribution in [1.82, 2.24) is 5.32 Å². The van der Waals surface area contributed by atoms with Crippen molar-refractivity contribution in [2.45, 2.75) is 19.8 Å². The highest BCUT2D eigenvalue weighted by atomic mass is 32.1. The zero-order valence-corrected chi connectivity index (χ0v) is 10.6. The van der Waals surface area contributed by atoms with Crippen LogP contribution >= 0.6 is 11.3 Å². The number of carbonyl (C=O) groups is 1. The Morgan fingerprint density at radius 2 is 2.19 bits per heavy atom. The molecule has 0 spiro atoms. The molecule has 1 rings (SSSR count). The first-order valence-electron chi connectivity index (χ1n) is 5.22. The van der Waals surface area contributed by atoms with E-state index in [1.165, 1.54) is 4.88 Å². The van der Waals surface area contributed by atoms with E-state index in [1.54, 1.807) is 11.3 Å². The average molecular weight is 237 g/mol. The molecule has 0 fully saturated rings. The van der Waals surface area contributed by atoms with Gasteiger partial charge in [0.2, 0.25) is 5.91 Å². The minimum absolute atomic E-state index is 0.0240. The van der Waals surface area contributed by atoms with Crippen LogP contribution in [0.15, 0.2) is 42.8 Å². The lowest BCUT2D eigenvalue weighted by Crippen LogP contribution is -2.26. The molecule has 0 atom stereocenters. The van der Waals surface area contributed by atoms with Crippen LogP contribution in [-0.2, 0) is 11.2 Å². The van der Waals surface area contributed by atoms with Gasteiger partial charge in [0, 0.05) is 17.0 Å². The number of rotatable bonds is 5. The molecule has 0 aliphatic carbocycles. The lowest BCUT2D eigenvalue weighted by molar-refractivity contribution is -0.117. The second kappa shape index (κ2) is 8.92. The molecule has 1 aromatic rings. The van der Waals surface area contributed by atoms with Gasteiger partial charge in [-0.2, -0.15) is 0 Å². The summed E-state index contributed by atoms with van der Waals surface area (Å²) in [4.78, 5) is 12.6. The first kappa shape index (κ1) is 14.6. The highest BCUT2D eigenvalue weighted by Crippen LogP contribution is 2.08. The lowest BCUT2D eigenvalue weighted by Gasteiger charge is -2.04. The van der Waals surface area contributed by atoms with Crippen LogP contribution in [0.3, 0.4) is 0 Å². The van der Waals surface area contributed by atoms with Crippen LogP contribution in [0.5, 0.6) is 0 Å². The number of hydrogen-bond donors (Lipinski definition) is 1. The maximum atomic E-state index is 11.3. The number of thiophene rings is 1. The lowest BCUT2D eigenvalue weighted by atomic mass is 10.2. The Kier molecular flexibility index (Phi) is 8.17. The Bertz CT molecular complexity index is 317. The third-order valence-electron chi connectivity index (χ3n) is 1.98. The maximum Gasteiger partial charge on any atom is 0.246 e. The summed E-state index contributed by atoms with van der Waals surface area (Å²) in [5.74, 6) is -0.0240. The van der Waals surface area contributed by atoms with Gasteiger partial charge in [-0.1, -0.05) is 19.6 Å². The van der Waals surface area contributed by atoms with Crippen molar-refractivity contribution in [3.8, 4) is 0 Å². The number of carbonyl (C=O) groups excluding carboxylic acids is 1. The molecule has 1 heterocycles. The van der Waals surface area contributed by atoms with Gasteiger partial charge in [-0.05, 0) is 24.3 Å². The maximum absolute atomic E-state index is 11.3. The van der Waals surface area contributed by atoms with Crippen LogP contribution < -0.4 is 5.32 Å². The third kappa shape index (κ3) is 5.51. The summed E-state index contributed by atoms with van der Waals surface area (Å²) in [6, 6.07) is 4.10. The monoisotopic (exact) mass is 237 g/mol. The van der Waals surface area contributed by atoms with Crippen molar-refractivity contribution < 1.29 is 4.79 Å². The first-order valence-corrected chi connectivity index (χ1v) is 6.10. The van der Waals surface area contributed by atoms with Crippen LogP contribution in [0.4, 0.5) is 0 Å². The predicted molar refractivity (Wildman–Crippen MR) is 71.7 cm³/mol. The minimum atomic E-state index is -0.0240. The molecule has 0 unspecified atom stereocenters. The Labute approximate surface area is 102 Å². The van der Waals surface area contributed by atoms with E-state index in [2.05, 4.69) is 31.1 Å². The summed E-state index contributed by atoms with van der Waals surface area (Å²) < 4.78 is 0. The van der Waals surface area contributed by atoms with E-state index in [4.69, 9.17) is 0 Å². The number of hydrogen-bond acceptors (Lipinski definition) is 2. The highest BCUT2D eigenvalue weighted by Gasteiger charge is 2.03. The van der Waals surface area contributed by atoms with E-state index >= 15 is 0 Å². The Morgan fingerprint density at radius 3 is 2.69 bits per heavy atom. The molecule has 0 bridgehead atoms. The molecule has 1 aromatic heterocycles. The summed E-state index contributed by atoms with van der Waals surface area (Å²) in [6.45, 7) is 12.3. The van der Waals surface area contributed by atoms with Gasteiger partial charge in [0.1, 0.15) is 0 Å². The van der Waals surface area contributed by atoms with Gasteiger partial charge < -0.3 is 5.32 Å². The number of nitrogens with one attached hydrogen (secondary N) is 1. The quantitative estimate of drug-likeness (QED) is 0.618. The molecule has 2 nitrogen and oxygen atoms in total. The smallest absolute Gasteiger partial charge is 0.246 e. The first-order chi connectivity index (χ1) is 7.74. The van der Waals surface area contributed by atoms with Crippen LogP contribution in [0.25, 0.3) is 0 Å². The van der Waals surface area contributed by atoms with Gasteiger partial charge in [0.25, 0.3) is 0 Å². The standard InChI is InChI=1S/C11H15NOS.C2H4/c1-3-9(2)11(13)12-7-6-10-5-4-8-14-10;1-2/h4-5,8H,2-3,6-7H2,1H3,(H,12,13);1-2H2. The Balaban J connectivity index is 0.00000106. The molecule has 1 N–H and O–H groups in total. The van der Waals surface area contributed by atoms with E-state index in [-0.39, 0.29) is 5.91 Å². The summed E-state index contributed by atoms with van der Waals surface area (Å²) in [5, 5.41) is 4.88. The van der Waals surface area contributed by atoms with Gasteiger partial charge in [0.05, 0.1) is 0 Å². The molecule has 0 saturated carbocycles. The fourth-order valence-electron chi connectivity index (χ4n) is 1.04. The van der Waals surface area contributed by atoms with Gasteiger partial charge in [-0.15, -0.1) is 24.5 Å². The molecular formula is C13H19NOS.